The minimum atomic E-state index is -1.31. The molecule has 0 amide bonds. The van der Waals surface area contributed by atoms with Crippen molar-refractivity contribution < 1.29 is 49.0 Å². The van der Waals surface area contributed by atoms with Crippen LogP contribution >= 0.6 is 0 Å². The third kappa shape index (κ3) is 24.7. The molecule has 39 heavy (non-hydrogen) atoms. The second-order valence-corrected chi connectivity index (χ2v) is 14.1. The summed E-state index contributed by atoms with van der Waals surface area (Å²) in [7, 11) is 0. The molecule has 0 aromatic heterocycles. The van der Waals surface area contributed by atoms with Gasteiger partial charge in [-0.15, -0.1) is 0 Å². The summed E-state index contributed by atoms with van der Waals surface area (Å²) in [6.07, 6.45) is 3.07. The Morgan fingerprint density at radius 1 is 0.564 bits per heavy atom. The molecule has 1 atom stereocenters. The maximum absolute atomic E-state index is 11.5. The van der Waals surface area contributed by atoms with E-state index in [4.69, 9.17) is 39.1 Å². The van der Waals surface area contributed by atoms with Gasteiger partial charge in [0.05, 0.1) is 28.3 Å². The van der Waals surface area contributed by atoms with Gasteiger partial charge in [-0.1, -0.05) is 26.7 Å². The van der Waals surface area contributed by atoms with Gasteiger partial charge in [0.2, 0.25) is 11.6 Å². The molecule has 0 saturated heterocycles. The molecule has 0 aliphatic heterocycles. The molecule has 0 aliphatic rings. The lowest BCUT2D eigenvalue weighted by Crippen LogP contribution is -2.41. The Labute approximate surface area is 238 Å². The van der Waals surface area contributed by atoms with Crippen LogP contribution in [-0.2, 0) is 43.9 Å². The average Bonchev–Trinajstić information content (AvgIpc) is 2.75. The predicted molar refractivity (Wildman–Crippen MR) is 150 cm³/mol. The van der Waals surface area contributed by atoms with Gasteiger partial charge in [0.25, 0.3) is 0 Å². The zero-order valence-electron chi connectivity index (χ0n) is 27.7. The van der Waals surface area contributed by atoms with Gasteiger partial charge < -0.3 is 5.11 Å². The van der Waals surface area contributed by atoms with E-state index >= 15 is 0 Å². The SMILES string of the molecule is CCC(C)(OOC(C)(C)C)OOC(C)(C)C.CCCCC(CC(C)(OOC(C)(C)C)OOC(C)(C)C)C(=O)O. The van der Waals surface area contributed by atoms with E-state index in [0.29, 0.717) is 12.8 Å². The van der Waals surface area contributed by atoms with Crippen molar-refractivity contribution in [2.45, 2.75) is 177 Å². The molecule has 10 nitrogen and oxygen atoms in total. The lowest BCUT2D eigenvalue weighted by Gasteiger charge is -2.34. The highest BCUT2D eigenvalue weighted by atomic mass is 17.3. The molecule has 0 aromatic rings. The van der Waals surface area contributed by atoms with Crippen molar-refractivity contribution in [3.63, 3.8) is 0 Å². The van der Waals surface area contributed by atoms with Crippen molar-refractivity contribution in [3.05, 3.63) is 0 Å². The average molecular weight is 569 g/mol. The fourth-order valence-electron chi connectivity index (χ4n) is 2.28. The summed E-state index contributed by atoms with van der Waals surface area (Å²) in [4.78, 5) is 54.1. The van der Waals surface area contributed by atoms with Gasteiger partial charge in [-0.05, 0) is 103 Å². The van der Waals surface area contributed by atoms with Crippen LogP contribution in [0.4, 0.5) is 0 Å². The molecule has 0 aliphatic carbocycles. The molecule has 1 unspecified atom stereocenters. The van der Waals surface area contributed by atoms with E-state index in [1.165, 1.54) is 0 Å². The van der Waals surface area contributed by atoms with Gasteiger partial charge in [-0.25, -0.2) is 19.6 Å². The van der Waals surface area contributed by atoms with Crippen molar-refractivity contribution in [3.8, 4) is 0 Å². The largest absolute Gasteiger partial charge is 0.481 e. The highest BCUT2D eigenvalue weighted by Crippen LogP contribution is 2.30. The molecular formula is C29H60O10. The van der Waals surface area contributed by atoms with E-state index < -0.39 is 34.7 Å². The molecule has 10 heteroatoms. The summed E-state index contributed by atoms with van der Waals surface area (Å²) in [5.41, 5.74) is -1.84. The third-order valence-electron chi connectivity index (χ3n) is 4.39. The summed E-state index contributed by atoms with van der Waals surface area (Å²) in [5.74, 6) is -3.66. The zero-order chi connectivity index (χ0) is 31.3. The van der Waals surface area contributed by atoms with Crippen LogP contribution in [0.1, 0.15) is 143 Å². The quantitative estimate of drug-likeness (QED) is 0.118. The highest BCUT2D eigenvalue weighted by Gasteiger charge is 2.38. The number of unbranched alkanes of at least 4 members (excludes halogenated alkanes) is 1. The van der Waals surface area contributed by atoms with Crippen LogP contribution in [0.3, 0.4) is 0 Å². The first kappa shape index (κ1) is 40.3. The number of hydrogen-bond donors (Lipinski definition) is 1. The van der Waals surface area contributed by atoms with Crippen molar-refractivity contribution >= 4 is 5.97 Å². The zero-order valence-corrected chi connectivity index (χ0v) is 27.7. The van der Waals surface area contributed by atoms with Crippen molar-refractivity contribution in [1.29, 1.82) is 0 Å². The lowest BCUT2D eigenvalue weighted by molar-refractivity contribution is -0.538. The maximum Gasteiger partial charge on any atom is 0.306 e. The second kappa shape index (κ2) is 16.6. The number of carboxylic acid groups (broad SMARTS) is 1. The van der Waals surface area contributed by atoms with Crippen LogP contribution < -0.4 is 0 Å². The Kier molecular flexibility index (Phi) is 17.1. The van der Waals surface area contributed by atoms with Crippen LogP contribution in [-0.4, -0.2) is 45.1 Å². The van der Waals surface area contributed by atoms with Crippen LogP contribution in [0.5, 0.6) is 0 Å². The first-order valence-electron chi connectivity index (χ1n) is 14.0. The van der Waals surface area contributed by atoms with Crippen molar-refractivity contribution in [1.82, 2.24) is 0 Å². The molecule has 0 bridgehead atoms. The molecule has 0 heterocycles. The number of carboxylic acids is 1. The summed E-state index contributed by atoms with van der Waals surface area (Å²) in [6.45, 7) is 29.9. The molecule has 0 aromatic carbocycles. The standard InChI is InChI=1S/C17H34O6.C12H26O4/c1-9-10-11-13(14(18)19)12-17(8,22-20-15(2,3)4)23-21-16(5,6)7;1-9-12(8,15-13-10(2,3)4)16-14-11(5,6)7/h13H,9-12H2,1-8H3,(H,18,19);9H2,1-8H3. The lowest BCUT2D eigenvalue weighted by atomic mass is 9.94. The van der Waals surface area contributed by atoms with Crippen molar-refractivity contribution in [2.75, 3.05) is 0 Å². The Morgan fingerprint density at radius 2 is 0.872 bits per heavy atom. The van der Waals surface area contributed by atoms with Crippen LogP contribution in [0, 0.1) is 5.92 Å². The summed E-state index contributed by atoms with van der Waals surface area (Å²) < 4.78 is 0. The van der Waals surface area contributed by atoms with Gasteiger partial charge in [-0.3, -0.25) is 4.79 Å². The van der Waals surface area contributed by atoms with Crippen LogP contribution in [0.15, 0.2) is 0 Å². The van der Waals surface area contributed by atoms with Crippen LogP contribution in [0.25, 0.3) is 0 Å². The van der Waals surface area contributed by atoms with Gasteiger partial charge in [0.1, 0.15) is 0 Å². The molecule has 0 spiro atoms. The van der Waals surface area contributed by atoms with Gasteiger partial charge in [0.15, 0.2) is 0 Å². The first-order valence-corrected chi connectivity index (χ1v) is 14.0. The summed E-state index contributed by atoms with van der Waals surface area (Å²) >= 11 is 0. The van der Waals surface area contributed by atoms with Crippen LogP contribution in [0.2, 0.25) is 0 Å². The normalized spacial score (nSPS) is 14.6. The number of hydrogen-bond acceptors (Lipinski definition) is 9. The maximum atomic E-state index is 11.5. The molecule has 0 fully saturated rings. The number of rotatable bonds is 15. The van der Waals surface area contributed by atoms with E-state index in [0.717, 1.165) is 12.8 Å². The smallest absolute Gasteiger partial charge is 0.306 e. The Balaban J connectivity index is 0. The molecule has 0 radical (unpaired) electrons. The fourth-order valence-corrected chi connectivity index (χ4v) is 2.28. The van der Waals surface area contributed by atoms with Gasteiger partial charge in [-0.2, -0.15) is 19.6 Å². The Hall–Kier alpha value is -0.850. The van der Waals surface area contributed by atoms with Gasteiger partial charge >= 0.3 is 5.97 Å². The number of aliphatic carboxylic acids is 1. The monoisotopic (exact) mass is 568 g/mol. The van der Waals surface area contributed by atoms with E-state index in [1.807, 2.05) is 96.9 Å². The van der Waals surface area contributed by atoms with E-state index in [9.17, 15) is 9.90 Å². The topological polar surface area (TPSA) is 111 Å². The summed E-state index contributed by atoms with van der Waals surface area (Å²) in [6, 6.07) is 0. The fraction of sp³-hybridized carbons (Fsp3) is 0.966. The Bertz CT molecular complexity index is 630. The molecule has 236 valence electrons. The van der Waals surface area contributed by atoms with E-state index in [2.05, 4.69) is 0 Å². The minimum Gasteiger partial charge on any atom is -0.481 e. The second-order valence-electron chi connectivity index (χ2n) is 14.1. The number of carbonyl (C=O) groups is 1. The van der Waals surface area contributed by atoms with E-state index in [-0.39, 0.29) is 17.6 Å². The van der Waals surface area contributed by atoms with Gasteiger partial charge in [0, 0.05) is 12.8 Å². The molecular weight excluding hydrogens is 508 g/mol. The summed E-state index contributed by atoms with van der Waals surface area (Å²) in [5, 5.41) is 9.43. The molecule has 0 saturated carbocycles. The first-order chi connectivity index (χ1) is 17.3. The third-order valence-corrected chi connectivity index (χ3v) is 4.39. The van der Waals surface area contributed by atoms with Crippen molar-refractivity contribution in [2.24, 2.45) is 5.92 Å². The Morgan fingerprint density at radius 3 is 1.10 bits per heavy atom. The predicted octanol–water partition coefficient (Wildman–Crippen LogP) is 8.08. The molecule has 0 rings (SSSR count). The minimum absolute atomic E-state index is 0.133. The highest BCUT2D eigenvalue weighted by molar-refractivity contribution is 5.70. The van der Waals surface area contributed by atoms with E-state index in [1.54, 1.807) is 13.8 Å². The molecule has 1 N–H and O–H groups in total.